The fourth-order valence-electron chi connectivity index (χ4n) is 0.492. The predicted molar refractivity (Wildman–Crippen MR) is 41.5 cm³/mol. The first-order valence-electron chi connectivity index (χ1n) is 3.29. The van der Waals surface area contributed by atoms with Gasteiger partial charge in [0.1, 0.15) is 0 Å². The summed E-state index contributed by atoms with van der Waals surface area (Å²) in [6, 6.07) is 0. The normalized spacial score (nSPS) is 13.1. The molecule has 66 valence electrons. The van der Waals surface area contributed by atoms with E-state index in [1.54, 1.807) is 13.8 Å². The molecule has 0 saturated carbocycles. The van der Waals surface area contributed by atoms with Gasteiger partial charge in [-0.3, -0.25) is 4.79 Å². The SMILES string of the molecule is CC(C)OC(=O)CCS(=O)O. The van der Waals surface area contributed by atoms with Gasteiger partial charge in [0, 0.05) is 0 Å². The molecule has 0 spiro atoms. The fourth-order valence-corrected chi connectivity index (χ4v) is 0.834. The quantitative estimate of drug-likeness (QED) is 0.507. The molecule has 0 bridgehead atoms. The van der Waals surface area contributed by atoms with Crippen LogP contribution in [0, 0.1) is 0 Å². The molecule has 4 nitrogen and oxygen atoms in total. The summed E-state index contributed by atoms with van der Waals surface area (Å²) in [7, 11) is 0. The van der Waals surface area contributed by atoms with E-state index in [2.05, 4.69) is 0 Å². The largest absolute Gasteiger partial charge is 0.463 e. The minimum atomic E-state index is -1.90. The van der Waals surface area contributed by atoms with Crippen molar-refractivity contribution in [3.05, 3.63) is 0 Å². The molecule has 11 heavy (non-hydrogen) atoms. The molecule has 0 radical (unpaired) electrons. The Morgan fingerprint density at radius 3 is 2.55 bits per heavy atom. The molecule has 0 saturated heterocycles. The Morgan fingerprint density at radius 2 is 2.18 bits per heavy atom. The number of hydrogen-bond acceptors (Lipinski definition) is 3. The highest BCUT2D eigenvalue weighted by atomic mass is 32.2. The second-order valence-corrected chi connectivity index (χ2v) is 3.37. The van der Waals surface area contributed by atoms with Crippen molar-refractivity contribution in [2.24, 2.45) is 0 Å². The monoisotopic (exact) mass is 180 g/mol. The number of rotatable bonds is 4. The lowest BCUT2D eigenvalue weighted by atomic mass is 10.4. The molecule has 1 N–H and O–H groups in total. The van der Waals surface area contributed by atoms with E-state index in [1.807, 2.05) is 0 Å². The predicted octanol–water partition coefficient (Wildman–Crippen LogP) is 0.550. The first kappa shape index (κ1) is 10.6. The third kappa shape index (κ3) is 7.48. The van der Waals surface area contributed by atoms with E-state index in [-0.39, 0.29) is 18.3 Å². The molecular weight excluding hydrogens is 168 g/mol. The van der Waals surface area contributed by atoms with Crippen molar-refractivity contribution in [1.82, 2.24) is 0 Å². The molecule has 0 aliphatic heterocycles. The van der Waals surface area contributed by atoms with E-state index in [0.717, 1.165) is 0 Å². The molecule has 0 aromatic heterocycles. The zero-order valence-corrected chi connectivity index (χ0v) is 7.39. The standard InChI is InChI=1S/C6H12O4S/c1-5(2)10-6(7)3-4-11(8)9/h5H,3-4H2,1-2H3,(H,8,9). The molecule has 0 aliphatic rings. The lowest BCUT2D eigenvalue weighted by Crippen LogP contribution is -2.13. The number of esters is 1. The third-order valence-corrected chi connectivity index (χ3v) is 1.40. The summed E-state index contributed by atoms with van der Waals surface area (Å²) in [5.74, 6) is -0.478. The summed E-state index contributed by atoms with van der Waals surface area (Å²) in [5.41, 5.74) is 0. The van der Waals surface area contributed by atoms with Gasteiger partial charge in [0.2, 0.25) is 0 Å². The zero-order chi connectivity index (χ0) is 8.85. The average molecular weight is 180 g/mol. The van der Waals surface area contributed by atoms with Crippen LogP contribution < -0.4 is 0 Å². The summed E-state index contributed by atoms with van der Waals surface area (Å²) >= 11 is -1.90. The topological polar surface area (TPSA) is 63.6 Å². The van der Waals surface area contributed by atoms with Gasteiger partial charge in [0.05, 0.1) is 18.3 Å². The highest BCUT2D eigenvalue weighted by Gasteiger charge is 2.06. The van der Waals surface area contributed by atoms with Crippen LogP contribution in [-0.4, -0.2) is 26.6 Å². The molecule has 1 unspecified atom stereocenters. The molecule has 0 aromatic rings. The maximum absolute atomic E-state index is 10.7. The van der Waals surface area contributed by atoms with Gasteiger partial charge in [0.15, 0.2) is 11.1 Å². The number of hydrogen-bond donors (Lipinski definition) is 1. The molecule has 0 amide bonds. The van der Waals surface area contributed by atoms with Crippen LogP contribution in [0.5, 0.6) is 0 Å². The Labute approximate surface area is 68.2 Å². The van der Waals surface area contributed by atoms with Crippen LogP contribution in [0.1, 0.15) is 20.3 Å². The molecule has 5 heteroatoms. The van der Waals surface area contributed by atoms with Gasteiger partial charge in [-0.05, 0) is 13.8 Å². The van der Waals surface area contributed by atoms with Crippen molar-refractivity contribution >= 4 is 17.0 Å². The maximum Gasteiger partial charge on any atom is 0.307 e. The summed E-state index contributed by atoms with van der Waals surface area (Å²) in [6.07, 6.45) is -0.156. The smallest absolute Gasteiger partial charge is 0.307 e. The summed E-state index contributed by atoms with van der Waals surface area (Å²) in [6.45, 7) is 3.46. The molecule has 0 fully saturated rings. The molecule has 0 aliphatic carbocycles. The van der Waals surface area contributed by atoms with E-state index in [4.69, 9.17) is 9.29 Å². The Balaban J connectivity index is 3.45. The minimum Gasteiger partial charge on any atom is -0.463 e. The van der Waals surface area contributed by atoms with Crippen molar-refractivity contribution in [3.63, 3.8) is 0 Å². The second-order valence-electron chi connectivity index (χ2n) is 2.31. The zero-order valence-electron chi connectivity index (χ0n) is 6.57. The van der Waals surface area contributed by atoms with Crippen molar-refractivity contribution in [1.29, 1.82) is 0 Å². The summed E-state index contributed by atoms with van der Waals surface area (Å²) in [4.78, 5) is 10.7. The Bertz CT molecular complexity index is 155. The lowest BCUT2D eigenvalue weighted by molar-refractivity contribution is -0.146. The molecule has 0 heterocycles. The third-order valence-electron chi connectivity index (χ3n) is 0.848. The van der Waals surface area contributed by atoms with Crippen molar-refractivity contribution in [2.45, 2.75) is 26.4 Å². The van der Waals surface area contributed by atoms with E-state index in [1.165, 1.54) is 0 Å². The van der Waals surface area contributed by atoms with E-state index in [9.17, 15) is 9.00 Å². The van der Waals surface area contributed by atoms with Gasteiger partial charge in [-0.2, -0.15) is 0 Å². The molecule has 0 rings (SSSR count). The molecule has 0 aromatic carbocycles. The van der Waals surface area contributed by atoms with Crippen molar-refractivity contribution < 1.29 is 18.3 Å². The van der Waals surface area contributed by atoms with E-state index >= 15 is 0 Å². The second kappa shape index (κ2) is 5.26. The van der Waals surface area contributed by atoms with Crippen LogP contribution in [0.2, 0.25) is 0 Å². The van der Waals surface area contributed by atoms with Gasteiger partial charge in [-0.25, -0.2) is 4.21 Å². The maximum atomic E-state index is 10.7. The highest BCUT2D eigenvalue weighted by Crippen LogP contribution is 1.93. The van der Waals surface area contributed by atoms with Crippen LogP contribution in [-0.2, 0) is 20.6 Å². The van der Waals surface area contributed by atoms with Crippen LogP contribution in [0.4, 0.5) is 0 Å². The van der Waals surface area contributed by atoms with Crippen molar-refractivity contribution in [3.8, 4) is 0 Å². The number of carbonyl (C=O) groups excluding carboxylic acids is 1. The van der Waals surface area contributed by atoms with Gasteiger partial charge in [0.25, 0.3) is 0 Å². The van der Waals surface area contributed by atoms with Crippen LogP contribution in [0.15, 0.2) is 0 Å². The van der Waals surface area contributed by atoms with Crippen LogP contribution in [0.25, 0.3) is 0 Å². The first-order chi connectivity index (χ1) is 5.02. The van der Waals surface area contributed by atoms with Gasteiger partial charge in [-0.1, -0.05) is 0 Å². The van der Waals surface area contributed by atoms with Crippen molar-refractivity contribution in [2.75, 3.05) is 5.75 Å². The number of ether oxygens (including phenoxy) is 1. The molecular formula is C6H12O4S. The van der Waals surface area contributed by atoms with Crippen LogP contribution in [0.3, 0.4) is 0 Å². The van der Waals surface area contributed by atoms with Gasteiger partial charge >= 0.3 is 5.97 Å². The highest BCUT2D eigenvalue weighted by molar-refractivity contribution is 7.79. The summed E-state index contributed by atoms with van der Waals surface area (Å²) in [5, 5.41) is 0. The fraction of sp³-hybridized carbons (Fsp3) is 0.833. The van der Waals surface area contributed by atoms with E-state index in [0.29, 0.717) is 0 Å². The Hall–Kier alpha value is -0.420. The molecule has 1 atom stereocenters. The Morgan fingerprint density at radius 1 is 1.64 bits per heavy atom. The van der Waals surface area contributed by atoms with Gasteiger partial charge in [-0.15, -0.1) is 0 Å². The average Bonchev–Trinajstić information content (AvgIpc) is 1.82. The first-order valence-corrected chi connectivity index (χ1v) is 4.57. The Kier molecular flexibility index (Phi) is 5.06. The minimum absolute atomic E-state index is 0.00128. The van der Waals surface area contributed by atoms with Crippen LogP contribution >= 0.6 is 0 Å². The van der Waals surface area contributed by atoms with Gasteiger partial charge < -0.3 is 9.29 Å². The van der Waals surface area contributed by atoms with E-state index < -0.39 is 17.0 Å². The lowest BCUT2D eigenvalue weighted by Gasteiger charge is -2.05. The summed E-state index contributed by atoms with van der Waals surface area (Å²) < 4.78 is 23.1. The number of carbonyl (C=O) groups is 1.